The Bertz CT molecular complexity index is 1730. The van der Waals surface area contributed by atoms with Crippen molar-refractivity contribution in [3.05, 3.63) is 71.0 Å². The Morgan fingerprint density at radius 2 is 1.19 bits per heavy atom. The van der Waals surface area contributed by atoms with E-state index in [-0.39, 0.29) is 24.3 Å². The van der Waals surface area contributed by atoms with E-state index in [0.29, 0.717) is 13.1 Å². The molecule has 47 heavy (non-hydrogen) atoms. The van der Waals surface area contributed by atoms with Crippen molar-refractivity contribution >= 4 is 28.1 Å². The maximum atomic E-state index is 12.8. The molecule has 2 aromatic heterocycles. The van der Waals surface area contributed by atoms with E-state index in [2.05, 4.69) is 74.4 Å². The Morgan fingerprint density at radius 1 is 0.723 bits per heavy atom. The first kappa shape index (κ1) is 32.8. The molecule has 0 bridgehead atoms. The van der Waals surface area contributed by atoms with Gasteiger partial charge >= 0.3 is 12.2 Å². The molecule has 2 fully saturated rings. The molecule has 2 amide bonds. The number of benzene rings is 2. The van der Waals surface area contributed by atoms with E-state index in [1.54, 1.807) is 9.80 Å². The minimum Gasteiger partial charge on any atom is -0.444 e. The molecule has 0 aliphatic carbocycles. The number of H-pyrrole nitrogens is 2. The summed E-state index contributed by atoms with van der Waals surface area (Å²) in [4.78, 5) is 45.6. The molecule has 4 heterocycles. The highest BCUT2D eigenvalue weighted by Crippen LogP contribution is 2.37. The number of nitrogens with zero attached hydrogens (tertiary/aromatic N) is 4. The maximum absolute atomic E-state index is 12.8. The Labute approximate surface area is 284 Å². The van der Waals surface area contributed by atoms with Crippen LogP contribution in [0.25, 0.3) is 33.6 Å². The zero-order valence-electron chi connectivity index (χ0n) is 27.9. The molecule has 2 N–H and O–H groups in total. The van der Waals surface area contributed by atoms with Gasteiger partial charge in [-0.2, -0.15) is 0 Å². The van der Waals surface area contributed by atoms with Gasteiger partial charge in [-0.3, -0.25) is 9.80 Å². The molecular weight excluding hydrogens is 660 g/mol. The number of aromatic amines is 2. The minimum atomic E-state index is -0.550. The predicted molar refractivity (Wildman–Crippen MR) is 185 cm³/mol. The van der Waals surface area contributed by atoms with Crippen molar-refractivity contribution in [3.8, 4) is 33.6 Å². The number of amides is 2. The topological polar surface area (TPSA) is 116 Å². The van der Waals surface area contributed by atoms with Gasteiger partial charge < -0.3 is 19.4 Å². The molecule has 6 rings (SSSR count). The molecule has 0 saturated carbocycles. The number of aromatic nitrogens is 4. The normalized spacial score (nSPS) is 18.5. The number of halogens is 1. The molecule has 2 aliphatic heterocycles. The third-order valence-electron chi connectivity index (χ3n) is 8.34. The molecule has 10 nitrogen and oxygen atoms in total. The van der Waals surface area contributed by atoms with Gasteiger partial charge in [-0.15, -0.1) is 0 Å². The Morgan fingerprint density at radius 3 is 1.70 bits per heavy atom. The van der Waals surface area contributed by atoms with E-state index in [1.807, 2.05) is 47.7 Å². The lowest BCUT2D eigenvalue weighted by Crippen LogP contribution is -2.36. The van der Waals surface area contributed by atoms with Crippen LogP contribution in [0, 0.1) is 0 Å². The largest absolute Gasteiger partial charge is 0.444 e. The highest BCUT2D eigenvalue weighted by atomic mass is 79.9. The molecule has 4 aromatic rings. The number of rotatable bonds is 5. The molecule has 11 heteroatoms. The predicted octanol–water partition coefficient (Wildman–Crippen LogP) is 9.04. The first-order chi connectivity index (χ1) is 22.3. The number of nitrogens with one attached hydrogen (secondary N) is 2. The first-order valence-electron chi connectivity index (χ1n) is 16.3. The summed E-state index contributed by atoms with van der Waals surface area (Å²) in [6.07, 6.45) is 4.79. The molecule has 0 spiro atoms. The van der Waals surface area contributed by atoms with Crippen LogP contribution in [-0.4, -0.2) is 66.2 Å². The molecule has 2 atom stereocenters. The summed E-state index contributed by atoms with van der Waals surface area (Å²) in [7, 11) is 0. The van der Waals surface area contributed by atoms with Crippen molar-refractivity contribution in [3.63, 3.8) is 0 Å². The summed E-state index contributed by atoms with van der Waals surface area (Å²) in [5.74, 6) is 1.53. The van der Waals surface area contributed by atoms with Crippen molar-refractivity contribution in [2.45, 2.75) is 90.5 Å². The van der Waals surface area contributed by atoms with Crippen molar-refractivity contribution < 1.29 is 19.1 Å². The number of carbonyl (C=O) groups excluding carboxylic acids is 2. The summed E-state index contributed by atoms with van der Waals surface area (Å²) in [6.45, 7) is 12.6. The first-order valence-corrected chi connectivity index (χ1v) is 17.1. The third-order valence-corrected chi connectivity index (χ3v) is 8.91. The Kier molecular flexibility index (Phi) is 8.95. The maximum Gasteiger partial charge on any atom is 0.410 e. The number of imidazole rings is 2. The number of ether oxygens (including phenoxy) is 2. The van der Waals surface area contributed by atoms with Crippen LogP contribution in [0.15, 0.2) is 59.3 Å². The van der Waals surface area contributed by atoms with Gasteiger partial charge in [0.2, 0.25) is 0 Å². The average Bonchev–Trinajstić information content (AvgIpc) is 3.81. The van der Waals surface area contributed by atoms with E-state index >= 15 is 0 Å². The minimum absolute atomic E-state index is 0.121. The smallest absolute Gasteiger partial charge is 0.410 e. The van der Waals surface area contributed by atoms with Gasteiger partial charge in [-0.25, -0.2) is 19.6 Å². The molecule has 2 aliphatic rings. The van der Waals surface area contributed by atoms with E-state index < -0.39 is 11.2 Å². The van der Waals surface area contributed by atoms with Crippen LogP contribution in [0.3, 0.4) is 0 Å². The molecule has 2 aromatic carbocycles. The fourth-order valence-electron chi connectivity index (χ4n) is 6.21. The second kappa shape index (κ2) is 12.8. The van der Waals surface area contributed by atoms with Gasteiger partial charge in [0.15, 0.2) is 0 Å². The SMILES string of the molecule is CC(C)(C)OC(=O)N1CCC[C@H]1c1nc(-c2ccc(-c3ccc(-c4nc([C@@H]5CCCN5C(=O)OC(C)(C)C)[nH]c4Br)cc3)cc2)c[nH]1. The Hall–Kier alpha value is -4.12. The Balaban J connectivity index is 1.13. The van der Waals surface area contributed by atoms with Crippen LogP contribution >= 0.6 is 15.9 Å². The quantitative estimate of drug-likeness (QED) is 0.214. The van der Waals surface area contributed by atoms with Gasteiger partial charge in [0.25, 0.3) is 0 Å². The standard InChI is InChI=1S/C36H43BrN6O4/c1-35(2,3)46-33(44)42-19-7-9-27(42)31-38-21-26(39-31)24-15-11-22(12-16-24)23-13-17-25(18-14-23)29-30(37)41-32(40-29)28-10-8-20-43(28)34(45)47-36(4,5)6/h11-18,21,27-28H,7-10,19-20H2,1-6H3,(H,38,39)(H,40,41)/t27-,28-/m0/s1. The van der Waals surface area contributed by atoms with E-state index in [9.17, 15) is 9.59 Å². The lowest BCUT2D eigenvalue weighted by molar-refractivity contribution is 0.0208. The lowest BCUT2D eigenvalue weighted by Gasteiger charge is -2.27. The summed E-state index contributed by atoms with van der Waals surface area (Å²) < 4.78 is 12.1. The highest BCUT2D eigenvalue weighted by Gasteiger charge is 2.36. The zero-order chi connectivity index (χ0) is 33.5. The number of carbonyl (C=O) groups is 2. The van der Waals surface area contributed by atoms with Crippen LogP contribution in [0.5, 0.6) is 0 Å². The fraction of sp³-hybridized carbons (Fsp3) is 0.444. The van der Waals surface area contributed by atoms with Crippen molar-refractivity contribution in [1.82, 2.24) is 29.7 Å². The van der Waals surface area contributed by atoms with Crippen LogP contribution in [0.2, 0.25) is 0 Å². The molecule has 0 radical (unpaired) electrons. The average molecular weight is 704 g/mol. The summed E-state index contributed by atoms with van der Waals surface area (Å²) >= 11 is 3.66. The monoisotopic (exact) mass is 702 g/mol. The second-order valence-corrected chi connectivity index (χ2v) is 15.1. The van der Waals surface area contributed by atoms with E-state index in [0.717, 1.165) is 75.6 Å². The van der Waals surface area contributed by atoms with Crippen LogP contribution in [0.4, 0.5) is 9.59 Å². The lowest BCUT2D eigenvalue weighted by atomic mass is 10.0. The van der Waals surface area contributed by atoms with Gasteiger partial charge in [0.05, 0.1) is 17.8 Å². The summed E-state index contributed by atoms with van der Waals surface area (Å²) in [6, 6.07) is 16.3. The highest BCUT2D eigenvalue weighted by molar-refractivity contribution is 9.10. The van der Waals surface area contributed by atoms with Crippen molar-refractivity contribution in [2.24, 2.45) is 0 Å². The van der Waals surface area contributed by atoms with Gasteiger partial charge in [0.1, 0.15) is 33.1 Å². The van der Waals surface area contributed by atoms with Gasteiger partial charge in [-0.1, -0.05) is 48.5 Å². The zero-order valence-corrected chi connectivity index (χ0v) is 29.5. The van der Waals surface area contributed by atoms with Crippen LogP contribution in [-0.2, 0) is 9.47 Å². The molecule has 248 valence electrons. The van der Waals surface area contributed by atoms with Crippen molar-refractivity contribution in [2.75, 3.05) is 13.1 Å². The molecule has 0 unspecified atom stereocenters. The van der Waals surface area contributed by atoms with Gasteiger partial charge in [-0.05, 0) is 94.3 Å². The number of hydrogen-bond donors (Lipinski definition) is 2. The summed E-state index contributed by atoms with van der Waals surface area (Å²) in [5.41, 5.74) is 4.69. The number of hydrogen-bond acceptors (Lipinski definition) is 6. The second-order valence-electron chi connectivity index (χ2n) is 14.3. The molecular formula is C36H43BrN6O4. The fourth-order valence-corrected chi connectivity index (χ4v) is 6.73. The number of likely N-dealkylation sites (tertiary alicyclic amines) is 2. The van der Waals surface area contributed by atoms with Crippen LogP contribution < -0.4 is 0 Å². The molecule has 2 saturated heterocycles. The van der Waals surface area contributed by atoms with E-state index in [1.165, 1.54) is 0 Å². The van der Waals surface area contributed by atoms with Crippen molar-refractivity contribution in [1.29, 1.82) is 0 Å². The van der Waals surface area contributed by atoms with Gasteiger partial charge in [0, 0.05) is 30.4 Å². The summed E-state index contributed by atoms with van der Waals surface area (Å²) in [5, 5.41) is 0. The van der Waals surface area contributed by atoms with Crippen LogP contribution in [0.1, 0.15) is 91.0 Å². The third kappa shape index (κ3) is 7.40. The van der Waals surface area contributed by atoms with E-state index in [4.69, 9.17) is 19.4 Å².